The summed E-state index contributed by atoms with van der Waals surface area (Å²) in [7, 11) is 0. The number of amides is 1. The minimum absolute atomic E-state index is 0.00576. The first-order valence-corrected chi connectivity index (χ1v) is 6.34. The average molecular weight is 263 g/mol. The molecule has 0 unspecified atom stereocenters. The first kappa shape index (κ1) is 13.5. The number of benzene rings is 1. The highest BCUT2D eigenvalue weighted by Crippen LogP contribution is 2.18. The molecule has 1 aliphatic heterocycles. The van der Waals surface area contributed by atoms with Crippen molar-refractivity contribution in [2.75, 3.05) is 18.5 Å². The molecule has 102 valence electrons. The predicted octanol–water partition coefficient (Wildman–Crippen LogP) is 1.68. The van der Waals surface area contributed by atoms with E-state index in [4.69, 9.17) is 9.84 Å². The zero-order chi connectivity index (χ0) is 13.7. The quantitative estimate of drug-likeness (QED) is 0.866. The number of carboxylic acids is 1. The minimum Gasteiger partial charge on any atom is -0.481 e. The lowest BCUT2D eigenvalue weighted by Gasteiger charge is -2.21. The second kappa shape index (κ2) is 6.33. The van der Waals surface area contributed by atoms with Crippen LogP contribution in [0, 0.1) is 5.92 Å². The third kappa shape index (κ3) is 4.06. The number of ether oxygens (including phenoxy) is 1. The summed E-state index contributed by atoms with van der Waals surface area (Å²) >= 11 is 0. The fraction of sp³-hybridized carbons (Fsp3) is 0.429. The molecule has 1 aromatic carbocycles. The maximum atomic E-state index is 12.0. The van der Waals surface area contributed by atoms with Crippen LogP contribution in [0.2, 0.25) is 0 Å². The van der Waals surface area contributed by atoms with Crippen molar-refractivity contribution in [3.05, 3.63) is 29.8 Å². The Morgan fingerprint density at radius 1 is 1.21 bits per heavy atom. The van der Waals surface area contributed by atoms with Gasteiger partial charge < -0.3 is 15.2 Å². The summed E-state index contributed by atoms with van der Waals surface area (Å²) in [6, 6.07) is 6.90. The lowest BCUT2D eigenvalue weighted by molar-refractivity contribution is -0.136. The largest absolute Gasteiger partial charge is 0.481 e. The second-order valence-corrected chi connectivity index (χ2v) is 4.64. The first-order valence-electron chi connectivity index (χ1n) is 6.34. The van der Waals surface area contributed by atoms with E-state index in [1.807, 2.05) is 0 Å². The average Bonchev–Trinajstić information content (AvgIpc) is 2.41. The molecule has 0 radical (unpaired) electrons. The van der Waals surface area contributed by atoms with Crippen LogP contribution < -0.4 is 5.32 Å². The normalized spacial score (nSPS) is 16.0. The first-order chi connectivity index (χ1) is 9.15. The van der Waals surface area contributed by atoms with Crippen LogP contribution in [0.15, 0.2) is 24.3 Å². The predicted molar refractivity (Wildman–Crippen MR) is 70.0 cm³/mol. The molecule has 0 spiro atoms. The number of carboxylic acid groups (broad SMARTS) is 1. The lowest BCUT2D eigenvalue weighted by atomic mass is 9.99. The molecule has 1 heterocycles. The number of rotatable bonds is 4. The van der Waals surface area contributed by atoms with Gasteiger partial charge in [0.05, 0.1) is 6.42 Å². The molecule has 1 aromatic rings. The number of carbonyl (C=O) groups is 2. The van der Waals surface area contributed by atoms with Gasteiger partial charge in [-0.15, -0.1) is 0 Å². The molecule has 5 nitrogen and oxygen atoms in total. The minimum atomic E-state index is -0.862. The molecular weight excluding hydrogens is 246 g/mol. The maximum Gasteiger partial charge on any atom is 0.307 e. The summed E-state index contributed by atoms with van der Waals surface area (Å²) in [5.41, 5.74) is 1.42. The third-order valence-electron chi connectivity index (χ3n) is 3.17. The second-order valence-electron chi connectivity index (χ2n) is 4.64. The van der Waals surface area contributed by atoms with Crippen LogP contribution in [-0.4, -0.2) is 30.2 Å². The van der Waals surface area contributed by atoms with E-state index in [0.29, 0.717) is 18.9 Å². The number of anilines is 1. The van der Waals surface area contributed by atoms with Crippen molar-refractivity contribution in [2.45, 2.75) is 19.3 Å². The van der Waals surface area contributed by atoms with Crippen molar-refractivity contribution in [2.24, 2.45) is 5.92 Å². The van der Waals surface area contributed by atoms with Gasteiger partial charge in [-0.05, 0) is 30.5 Å². The Balaban J connectivity index is 1.91. The Labute approximate surface area is 111 Å². The highest BCUT2D eigenvalue weighted by atomic mass is 16.5. The van der Waals surface area contributed by atoms with Gasteiger partial charge in [-0.3, -0.25) is 9.59 Å². The van der Waals surface area contributed by atoms with E-state index in [1.165, 1.54) is 0 Å². The smallest absolute Gasteiger partial charge is 0.307 e. The van der Waals surface area contributed by atoms with E-state index in [2.05, 4.69) is 5.32 Å². The number of hydrogen-bond donors (Lipinski definition) is 2. The number of nitrogens with one attached hydrogen (secondary N) is 1. The SMILES string of the molecule is O=C(O)Cc1ccc(NC(=O)C2CCOCC2)cc1. The van der Waals surface area contributed by atoms with Gasteiger partial charge in [-0.1, -0.05) is 12.1 Å². The monoisotopic (exact) mass is 263 g/mol. The van der Waals surface area contributed by atoms with Crippen LogP contribution in [0.3, 0.4) is 0 Å². The molecule has 0 aromatic heterocycles. The topological polar surface area (TPSA) is 75.6 Å². The molecule has 1 amide bonds. The fourth-order valence-electron chi connectivity index (χ4n) is 2.08. The molecule has 1 fully saturated rings. The van der Waals surface area contributed by atoms with Gasteiger partial charge in [-0.2, -0.15) is 0 Å². The Morgan fingerprint density at radius 2 is 1.84 bits per heavy atom. The van der Waals surface area contributed by atoms with Crippen LogP contribution in [0.5, 0.6) is 0 Å². The number of carbonyl (C=O) groups excluding carboxylic acids is 1. The highest BCUT2D eigenvalue weighted by molar-refractivity contribution is 5.92. The summed E-state index contributed by atoms with van der Waals surface area (Å²) in [4.78, 5) is 22.5. The molecule has 19 heavy (non-hydrogen) atoms. The molecular formula is C14H17NO4. The van der Waals surface area contributed by atoms with Gasteiger partial charge in [0.1, 0.15) is 0 Å². The van der Waals surface area contributed by atoms with Crippen LogP contribution >= 0.6 is 0 Å². The van der Waals surface area contributed by atoms with E-state index in [1.54, 1.807) is 24.3 Å². The van der Waals surface area contributed by atoms with Gasteiger partial charge in [-0.25, -0.2) is 0 Å². The Morgan fingerprint density at radius 3 is 2.42 bits per heavy atom. The van der Waals surface area contributed by atoms with Crippen LogP contribution in [0.25, 0.3) is 0 Å². The molecule has 2 rings (SSSR count). The lowest BCUT2D eigenvalue weighted by Crippen LogP contribution is -2.28. The zero-order valence-corrected chi connectivity index (χ0v) is 10.6. The fourth-order valence-corrected chi connectivity index (χ4v) is 2.08. The summed E-state index contributed by atoms with van der Waals surface area (Å²) in [6.07, 6.45) is 1.50. The summed E-state index contributed by atoms with van der Waals surface area (Å²) in [6.45, 7) is 1.27. The van der Waals surface area contributed by atoms with Crippen LogP contribution in [0.1, 0.15) is 18.4 Å². The molecule has 1 aliphatic rings. The molecule has 2 N–H and O–H groups in total. The Bertz CT molecular complexity index is 449. The molecule has 0 atom stereocenters. The van der Waals surface area contributed by atoms with E-state index in [0.717, 1.165) is 18.4 Å². The van der Waals surface area contributed by atoms with Gasteiger partial charge >= 0.3 is 5.97 Å². The van der Waals surface area contributed by atoms with E-state index >= 15 is 0 Å². The van der Waals surface area contributed by atoms with Crippen molar-refractivity contribution in [3.8, 4) is 0 Å². The summed E-state index contributed by atoms with van der Waals surface area (Å²) in [5, 5.41) is 11.5. The van der Waals surface area contributed by atoms with Gasteiger partial charge in [0.2, 0.25) is 5.91 Å². The molecule has 5 heteroatoms. The summed E-state index contributed by atoms with van der Waals surface area (Å²) < 4.78 is 5.22. The highest BCUT2D eigenvalue weighted by Gasteiger charge is 2.21. The van der Waals surface area contributed by atoms with Crippen molar-refractivity contribution in [1.29, 1.82) is 0 Å². The maximum absolute atomic E-state index is 12.0. The molecule has 0 aliphatic carbocycles. The number of hydrogen-bond acceptors (Lipinski definition) is 3. The van der Waals surface area contributed by atoms with Gasteiger partial charge in [0.15, 0.2) is 0 Å². The molecule has 0 bridgehead atoms. The Hall–Kier alpha value is -1.88. The standard InChI is InChI=1S/C14H17NO4/c16-13(17)9-10-1-3-12(4-2-10)15-14(18)11-5-7-19-8-6-11/h1-4,11H,5-9H2,(H,15,18)(H,16,17). The van der Waals surface area contributed by atoms with E-state index < -0.39 is 5.97 Å². The van der Waals surface area contributed by atoms with Crippen molar-refractivity contribution in [1.82, 2.24) is 0 Å². The van der Waals surface area contributed by atoms with Crippen LogP contribution in [0.4, 0.5) is 5.69 Å². The molecule has 1 saturated heterocycles. The van der Waals surface area contributed by atoms with Crippen LogP contribution in [-0.2, 0) is 20.7 Å². The van der Waals surface area contributed by atoms with Gasteiger partial charge in [0.25, 0.3) is 0 Å². The van der Waals surface area contributed by atoms with E-state index in [-0.39, 0.29) is 18.2 Å². The summed E-state index contributed by atoms with van der Waals surface area (Å²) in [5.74, 6) is -0.847. The molecule has 0 saturated carbocycles. The third-order valence-corrected chi connectivity index (χ3v) is 3.17. The zero-order valence-electron chi connectivity index (χ0n) is 10.6. The van der Waals surface area contributed by atoms with E-state index in [9.17, 15) is 9.59 Å². The van der Waals surface area contributed by atoms with Gasteiger partial charge in [0, 0.05) is 24.8 Å². The number of aliphatic carboxylic acids is 1. The van der Waals surface area contributed by atoms with Crippen molar-refractivity contribution >= 4 is 17.6 Å². The van der Waals surface area contributed by atoms with Crippen molar-refractivity contribution in [3.63, 3.8) is 0 Å². The Kier molecular flexibility index (Phi) is 4.52. The van der Waals surface area contributed by atoms with Crippen molar-refractivity contribution < 1.29 is 19.4 Å².